The van der Waals surface area contributed by atoms with Gasteiger partial charge in [0.25, 0.3) is 0 Å². The van der Waals surface area contributed by atoms with E-state index in [1.54, 1.807) is 24.3 Å². The quantitative estimate of drug-likeness (QED) is 0.843. The minimum Gasteiger partial charge on any atom is -0.223 e. The fourth-order valence-corrected chi connectivity index (χ4v) is 4.83. The van der Waals surface area contributed by atoms with Crippen molar-refractivity contribution in [2.24, 2.45) is 5.92 Å². The molecular formula is C12H12BrNO2S. The van der Waals surface area contributed by atoms with Crippen molar-refractivity contribution >= 4 is 25.8 Å². The van der Waals surface area contributed by atoms with Crippen molar-refractivity contribution in [2.45, 2.75) is 29.4 Å². The van der Waals surface area contributed by atoms with Gasteiger partial charge in [-0.25, -0.2) is 8.42 Å². The summed E-state index contributed by atoms with van der Waals surface area (Å²) in [4.78, 5) is 0.305. The average molecular weight is 314 g/mol. The molecule has 2 atom stereocenters. The molecule has 1 aromatic rings. The predicted octanol–water partition coefficient (Wildman–Crippen LogP) is 2.92. The third kappa shape index (κ3) is 2.38. The lowest BCUT2D eigenvalue weighted by molar-refractivity contribution is 0.565. The van der Waals surface area contributed by atoms with Crippen molar-refractivity contribution in [1.29, 1.82) is 5.26 Å². The molecule has 1 aliphatic carbocycles. The highest BCUT2D eigenvalue weighted by Crippen LogP contribution is 2.34. The predicted molar refractivity (Wildman–Crippen MR) is 68.1 cm³/mol. The molecule has 0 heterocycles. The van der Waals surface area contributed by atoms with Crippen LogP contribution < -0.4 is 0 Å². The molecule has 17 heavy (non-hydrogen) atoms. The Bertz CT molecular complexity index is 562. The first-order valence-electron chi connectivity index (χ1n) is 5.45. The molecule has 0 spiro atoms. The van der Waals surface area contributed by atoms with Gasteiger partial charge in [-0.3, -0.25) is 0 Å². The van der Waals surface area contributed by atoms with Crippen LogP contribution in [0, 0.1) is 17.2 Å². The number of halogens is 1. The van der Waals surface area contributed by atoms with E-state index in [4.69, 9.17) is 5.26 Å². The van der Waals surface area contributed by atoms with E-state index in [1.807, 2.05) is 0 Å². The second-order valence-corrected chi connectivity index (χ2v) is 7.29. The highest BCUT2D eigenvalue weighted by molar-refractivity contribution is 9.10. The Kier molecular flexibility index (Phi) is 3.55. The molecule has 1 fully saturated rings. The first-order chi connectivity index (χ1) is 8.05. The smallest absolute Gasteiger partial charge is 0.182 e. The molecule has 0 radical (unpaired) electrons. The monoisotopic (exact) mass is 313 g/mol. The van der Waals surface area contributed by atoms with Gasteiger partial charge in [-0.05, 0) is 31.0 Å². The lowest BCUT2D eigenvalue weighted by atomic mass is 10.1. The van der Waals surface area contributed by atoms with Crippen LogP contribution in [0.3, 0.4) is 0 Å². The molecule has 0 saturated heterocycles. The summed E-state index contributed by atoms with van der Waals surface area (Å²) >= 11 is 3.27. The van der Waals surface area contributed by atoms with Crippen LogP contribution in [-0.4, -0.2) is 13.7 Å². The van der Waals surface area contributed by atoms with Crippen LogP contribution in [0.1, 0.15) is 19.3 Å². The second kappa shape index (κ2) is 4.79. The largest absolute Gasteiger partial charge is 0.223 e. The molecule has 5 heteroatoms. The Balaban J connectivity index is 2.40. The molecule has 0 aliphatic heterocycles. The van der Waals surface area contributed by atoms with Gasteiger partial charge in [-0.15, -0.1) is 0 Å². The Morgan fingerprint density at radius 2 is 2.12 bits per heavy atom. The molecule has 0 aromatic heterocycles. The molecular weight excluding hydrogens is 302 g/mol. The van der Waals surface area contributed by atoms with Crippen LogP contribution in [0.2, 0.25) is 0 Å². The van der Waals surface area contributed by atoms with E-state index in [9.17, 15) is 8.42 Å². The lowest BCUT2D eigenvalue weighted by Crippen LogP contribution is -2.24. The zero-order chi connectivity index (χ0) is 12.5. The van der Waals surface area contributed by atoms with E-state index < -0.39 is 15.1 Å². The van der Waals surface area contributed by atoms with Crippen molar-refractivity contribution in [3.05, 3.63) is 28.7 Å². The van der Waals surface area contributed by atoms with Gasteiger partial charge >= 0.3 is 0 Å². The number of sulfone groups is 1. The third-order valence-corrected chi connectivity index (χ3v) is 5.91. The van der Waals surface area contributed by atoms with Crippen LogP contribution in [0.5, 0.6) is 0 Å². The Hall–Kier alpha value is -0.860. The first kappa shape index (κ1) is 12.6. The SMILES string of the molecule is N#CC1CCCC1S(=O)(=O)c1cccc(Br)c1. The van der Waals surface area contributed by atoms with Gasteiger partial charge in [0, 0.05) is 4.47 Å². The normalized spacial score (nSPS) is 24.5. The maximum Gasteiger partial charge on any atom is 0.182 e. The number of benzene rings is 1. The lowest BCUT2D eigenvalue weighted by Gasteiger charge is -2.14. The summed E-state index contributed by atoms with van der Waals surface area (Å²) in [6.07, 6.45) is 2.09. The van der Waals surface area contributed by atoms with Gasteiger partial charge in [0.15, 0.2) is 9.84 Å². The molecule has 2 unspecified atom stereocenters. The molecule has 0 bridgehead atoms. The van der Waals surface area contributed by atoms with Crippen molar-refractivity contribution < 1.29 is 8.42 Å². The zero-order valence-corrected chi connectivity index (χ0v) is 11.5. The second-order valence-electron chi connectivity index (χ2n) is 4.21. The van der Waals surface area contributed by atoms with Gasteiger partial charge in [-0.2, -0.15) is 5.26 Å². The van der Waals surface area contributed by atoms with Crippen LogP contribution >= 0.6 is 15.9 Å². The molecule has 0 amide bonds. The van der Waals surface area contributed by atoms with Crippen LogP contribution in [0.25, 0.3) is 0 Å². The third-order valence-electron chi connectivity index (χ3n) is 3.14. The summed E-state index contributed by atoms with van der Waals surface area (Å²) in [5, 5.41) is 8.44. The van der Waals surface area contributed by atoms with E-state index in [-0.39, 0.29) is 5.92 Å². The standard InChI is InChI=1S/C12H12BrNO2S/c13-10-4-2-5-11(7-10)17(15,16)12-6-1-3-9(12)8-14/h2,4-5,7,9,12H,1,3,6H2. The van der Waals surface area contributed by atoms with Crippen molar-refractivity contribution in [1.82, 2.24) is 0 Å². The summed E-state index contributed by atoms with van der Waals surface area (Å²) in [6.45, 7) is 0. The molecule has 1 aliphatic rings. The Morgan fingerprint density at radius 1 is 1.35 bits per heavy atom. The van der Waals surface area contributed by atoms with E-state index >= 15 is 0 Å². The molecule has 0 N–H and O–H groups in total. The van der Waals surface area contributed by atoms with Gasteiger partial charge in [0.2, 0.25) is 0 Å². The van der Waals surface area contributed by atoms with Gasteiger partial charge in [-0.1, -0.05) is 28.4 Å². The molecule has 1 saturated carbocycles. The number of nitriles is 1. The summed E-state index contributed by atoms with van der Waals surface area (Å²) in [5.41, 5.74) is 0. The van der Waals surface area contributed by atoms with Crippen LogP contribution in [-0.2, 0) is 9.84 Å². The fraction of sp³-hybridized carbons (Fsp3) is 0.417. The first-order valence-corrected chi connectivity index (χ1v) is 7.78. The van der Waals surface area contributed by atoms with Gasteiger partial charge in [0.05, 0.1) is 22.1 Å². The Morgan fingerprint density at radius 3 is 2.76 bits per heavy atom. The number of rotatable bonds is 2. The number of hydrogen-bond acceptors (Lipinski definition) is 3. The molecule has 1 aromatic carbocycles. The number of nitrogens with zero attached hydrogens (tertiary/aromatic N) is 1. The Labute approximate surface area is 110 Å². The van der Waals surface area contributed by atoms with Crippen molar-refractivity contribution in [2.75, 3.05) is 0 Å². The molecule has 3 nitrogen and oxygen atoms in total. The fourth-order valence-electron chi connectivity index (χ4n) is 2.26. The average Bonchev–Trinajstić information content (AvgIpc) is 2.77. The maximum absolute atomic E-state index is 12.4. The summed E-state index contributed by atoms with van der Waals surface area (Å²) in [7, 11) is -3.37. The van der Waals surface area contributed by atoms with Crippen LogP contribution in [0.15, 0.2) is 33.6 Å². The minimum absolute atomic E-state index is 0.305. The number of hydrogen-bond donors (Lipinski definition) is 0. The van der Waals surface area contributed by atoms with Gasteiger partial charge < -0.3 is 0 Å². The molecule has 90 valence electrons. The van der Waals surface area contributed by atoms with E-state index in [1.165, 1.54) is 0 Å². The molecule has 2 rings (SSSR count). The highest BCUT2D eigenvalue weighted by atomic mass is 79.9. The van der Waals surface area contributed by atoms with Crippen molar-refractivity contribution in [3.63, 3.8) is 0 Å². The summed E-state index contributed by atoms with van der Waals surface area (Å²) in [5.74, 6) is -0.362. The van der Waals surface area contributed by atoms with E-state index in [0.717, 1.165) is 10.9 Å². The topological polar surface area (TPSA) is 57.9 Å². The summed E-state index contributed by atoms with van der Waals surface area (Å²) in [6, 6.07) is 8.79. The van der Waals surface area contributed by atoms with Crippen molar-refractivity contribution in [3.8, 4) is 6.07 Å². The maximum atomic E-state index is 12.4. The van der Waals surface area contributed by atoms with E-state index in [0.29, 0.717) is 17.7 Å². The van der Waals surface area contributed by atoms with Gasteiger partial charge in [0.1, 0.15) is 0 Å². The summed E-state index contributed by atoms with van der Waals surface area (Å²) < 4.78 is 25.5. The highest BCUT2D eigenvalue weighted by Gasteiger charge is 2.38. The van der Waals surface area contributed by atoms with E-state index in [2.05, 4.69) is 22.0 Å². The van der Waals surface area contributed by atoms with Crippen LogP contribution in [0.4, 0.5) is 0 Å². The zero-order valence-electron chi connectivity index (χ0n) is 9.14. The minimum atomic E-state index is -3.37.